The van der Waals surface area contributed by atoms with Crippen molar-refractivity contribution in [1.82, 2.24) is 10.3 Å². The van der Waals surface area contributed by atoms with Gasteiger partial charge in [0.05, 0.1) is 12.2 Å². The molecule has 0 bridgehead atoms. The molecule has 86 valence electrons. The van der Waals surface area contributed by atoms with Crippen LogP contribution in [0.2, 0.25) is 0 Å². The number of aromatic hydroxyl groups is 1. The number of phenolic OH excluding ortho intramolecular Hbond substituents is 1. The van der Waals surface area contributed by atoms with E-state index < -0.39 is 0 Å². The van der Waals surface area contributed by atoms with Gasteiger partial charge in [0.25, 0.3) is 5.91 Å². The Morgan fingerprint density at radius 1 is 1.24 bits per heavy atom. The molecule has 2 aromatic rings. The van der Waals surface area contributed by atoms with E-state index in [1.54, 1.807) is 18.3 Å². The van der Waals surface area contributed by atoms with E-state index in [1.165, 1.54) is 12.1 Å². The molecule has 0 fully saturated rings. The molecule has 0 aliphatic rings. The second-order valence-corrected chi connectivity index (χ2v) is 3.55. The fourth-order valence-electron chi connectivity index (χ4n) is 1.42. The number of carbonyl (C=O) groups excluding carboxylic acids is 1. The Kier molecular flexibility index (Phi) is 3.35. The van der Waals surface area contributed by atoms with Crippen molar-refractivity contribution in [2.45, 2.75) is 6.54 Å². The van der Waals surface area contributed by atoms with Gasteiger partial charge in [-0.1, -0.05) is 12.1 Å². The van der Waals surface area contributed by atoms with Crippen LogP contribution in [-0.4, -0.2) is 16.0 Å². The molecule has 0 radical (unpaired) electrons. The van der Waals surface area contributed by atoms with Gasteiger partial charge in [-0.2, -0.15) is 0 Å². The first-order valence-electron chi connectivity index (χ1n) is 5.23. The molecule has 17 heavy (non-hydrogen) atoms. The molecule has 2 rings (SSSR count). The van der Waals surface area contributed by atoms with Crippen LogP contribution in [0.15, 0.2) is 48.7 Å². The number of phenols is 1. The van der Waals surface area contributed by atoms with Gasteiger partial charge >= 0.3 is 0 Å². The zero-order valence-electron chi connectivity index (χ0n) is 9.13. The summed E-state index contributed by atoms with van der Waals surface area (Å²) in [6.07, 6.45) is 1.68. The standard InChI is InChI=1S/C13H12N2O2/c16-12-6-3-4-10(8-12)13(17)15-9-11-5-1-2-7-14-11/h1-8,16H,9H2,(H,15,17). The van der Waals surface area contributed by atoms with E-state index in [9.17, 15) is 9.90 Å². The molecule has 4 nitrogen and oxygen atoms in total. The molecular weight excluding hydrogens is 216 g/mol. The third kappa shape index (κ3) is 3.04. The summed E-state index contributed by atoms with van der Waals surface area (Å²) in [5.41, 5.74) is 1.22. The fourth-order valence-corrected chi connectivity index (χ4v) is 1.42. The molecule has 0 aliphatic carbocycles. The van der Waals surface area contributed by atoms with Gasteiger partial charge in [-0.3, -0.25) is 9.78 Å². The molecule has 0 spiro atoms. The quantitative estimate of drug-likeness (QED) is 0.840. The Bertz CT molecular complexity index is 512. The average molecular weight is 228 g/mol. The lowest BCUT2D eigenvalue weighted by atomic mass is 10.2. The highest BCUT2D eigenvalue weighted by Gasteiger charge is 2.05. The topological polar surface area (TPSA) is 62.2 Å². The molecule has 1 aromatic carbocycles. The van der Waals surface area contributed by atoms with Gasteiger partial charge in [0.2, 0.25) is 0 Å². The predicted octanol–water partition coefficient (Wildman–Crippen LogP) is 1.72. The van der Waals surface area contributed by atoms with Crippen molar-refractivity contribution in [3.8, 4) is 5.75 Å². The van der Waals surface area contributed by atoms with Crippen molar-refractivity contribution in [3.63, 3.8) is 0 Å². The first kappa shape index (κ1) is 11.1. The lowest BCUT2D eigenvalue weighted by Gasteiger charge is -2.04. The summed E-state index contributed by atoms with van der Waals surface area (Å²) in [5, 5.41) is 12.0. The molecule has 0 aliphatic heterocycles. The van der Waals surface area contributed by atoms with Crippen LogP contribution < -0.4 is 5.32 Å². The van der Waals surface area contributed by atoms with Crippen LogP contribution in [0.4, 0.5) is 0 Å². The minimum absolute atomic E-state index is 0.0792. The molecule has 0 atom stereocenters. The Morgan fingerprint density at radius 2 is 2.12 bits per heavy atom. The molecule has 4 heteroatoms. The predicted molar refractivity (Wildman–Crippen MR) is 63.5 cm³/mol. The van der Waals surface area contributed by atoms with Crippen molar-refractivity contribution in [2.24, 2.45) is 0 Å². The van der Waals surface area contributed by atoms with E-state index in [4.69, 9.17) is 0 Å². The molecular formula is C13H12N2O2. The van der Waals surface area contributed by atoms with E-state index in [0.29, 0.717) is 12.1 Å². The maximum Gasteiger partial charge on any atom is 0.251 e. The lowest BCUT2D eigenvalue weighted by Crippen LogP contribution is -2.23. The maximum atomic E-state index is 11.7. The first-order chi connectivity index (χ1) is 8.25. The summed E-state index contributed by atoms with van der Waals surface area (Å²) in [4.78, 5) is 15.8. The Labute approximate surface area is 98.9 Å². The van der Waals surface area contributed by atoms with Crippen molar-refractivity contribution >= 4 is 5.91 Å². The maximum absolute atomic E-state index is 11.7. The zero-order valence-corrected chi connectivity index (χ0v) is 9.13. The van der Waals surface area contributed by atoms with Gasteiger partial charge < -0.3 is 10.4 Å². The molecule has 0 saturated carbocycles. The Hall–Kier alpha value is -2.36. The highest BCUT2D eigenvalue weighted by molar-refractivity contribution is 5.94. The molecule has 0 saturated heterocycles. The minimum atomic E-state index is -0.230. The van der Waals surface area contributed by atoms with Crippen LogP contribution in [0.1, 0.15) is 16.1 Å². The Balaban J connectivity index is 1.98. The van der Waals surface area contributed by atoms with E-state index in [1.807, 2.05) is 18.2 Å². The van der Waals surface area contributed by atoms with Gasteiger partial charge in [-0.15, -0.1) is 0 Å². The van der Waals surface area contributed by atoms with E-state index in [2.05, 4.69) is 10.3 Å². The number of amides is 1. The third-order valence-electron chi connectivity index (χ3n) is 2.26. The molecule has 1 amide bonds. The van der Waals surface area contributed by atoms with Crippen LogP contribution in [-0.2, 0) is 6.54 Å². The van der Waals surface area contributed by atoms with Crippen LogP contribution in [0.3, 0.4) is 0 Å². The van der Waals surface area contributed by atoms with Gasteiger partial charge in [-0.05, 0) is 30.3 Å². The van der Waals surface area contributed by atoms with Gasteiger partial charge in [0.15, 0.2) is 0 Å². The second kappa shape index (κ2) is 5.12. The lowest BCUT2D eigenvalue weighted by molar-refractivity contribution is 0.0950. The fraction of sp³-hybridized carbons (Fsp3) is 0.0769. The van der Waals surface area contributed by atoms with E-state index in [0.717, 1.165) is 5.69 Å². The number of aromatic nitrogens is 1. The van der Waals surface area contributed by atoms with Gasteiger partial charge in [0.1, 0.15) is 5.75 Å². The molecule has 1 heterocycles. The summed E-state index contributed by atoms with van der Waals surface area (Å²) >= 11 is 0. The summed E-state index contributed by atoms with van der Waals surface area (Å²) in [6, 6.07) is 11.7. The van der Waals surface area contributed by atoms with E-state index >= 15 is 0 Å². The van der Waals surface area contributed by atoms with Crippen molar-refractivity contribution in [3.05, 3.63) is 59.9 Å². The van der Waals surface area contributed by atoms with Crippen LogP contribution in [0.25, 0.3) is 0 Å². The van der Waals surface area contributed by atoms with Crippen LogP contribution in [0, 0.1) is 0 Å². The Morgan fingerprint density at radius 3 is 2.82 bits per heavy atom. The number of nitrogens with zero attached hydrogens (tertiary/aromatic N) is 1. The second-order valence-electron chi connectivity index (χ2n) is 3.55. The number of hydrogen-bond donors (Lipinski definition) is 2. The number of nitrogens with one attached hydrogen (secondary N) is 1. The smallest absolute Gasteiger partial charge is 0.251 e. The first-order valence-corrected chi connectivity index (χ1v) is 5.23. The van der Waals surface area contributed by atoms with Crippen molar-refractivity contribution in [2.75, 3.05) is 0 Å². The monoisotopic (exact) mass is 228 g/mol. The molecule has 2 N–H and O–H groups in total. The van der Waals surface area contributed by atoms with Gasteiger partial charge in [-0.25, -0.2) is 0 Å². The summed E-state index contributed by atoms with van der Waals surface area (Å²) in [5.74, 6) is -0.151. The number of hydrogen-bond acceptors (Lipinski definition) is 3. The number of pyridine rings is 1. The van der Waals surface area contributed by atoms with Crippen molar-refractivity contribution in [1.29, 1.82) is 0 Å². The van der Waals surface area contributed by atoms with Crippen LogP contribution in [0.5, 0.6) is 5.75 Å². The highest BCUT2D eigenvalue weighted by Crippen LogP contribution is 2.10. The normalized spacial score (nSPS) is 9.88. The highest BCUT2D eigenvalue weighted by atomic mass is 16.3. The summed E-state index contributed by atoms with van der Waals surface area (Å²) in [6.45, 7) is 0.370. The average Bonchev–Trinajstić information content (AvgIpc) is 2.37. The number of benzene rings is 1. The largest absolute Gasteiger partial charge is 0.508 e. The van der Waals surface area contributed by atoms with Crippen molar-refractivity contribution < 1.29 is 9.90 Å². The summed E-state index contributed by atoms with van der Waals surface area (Å²) < 4.78 is 0. The van der Waals surface area contributed by atoms with E-state index in [-0.39, 0.29) is 11.7 Å². The molecule has 0 unspecified atom stereocenters. The number of rotatable bonds is 3. The summed E-state index contributed by atoms with van der Waals surface area (Å²) in [7, 11) is 0. The number of carbonyl (C=O) groups is 1. The third-order valence-corrected chi connectivity index (χ3v) is 2.26. The van der Waals surface area contributed by atoms with Crippen LogP contribution >= 0.6 is 0 Å². The molecule has 1 aromatic heterocycles. The SMILES string of the molecule is O=C(NCc1ccccn1)c1cccc(O)c1. The minimum Gasteiger partial charge on any atom is -0.508 e. The van der Waals surface area contributed by atoms with Gasteiger partial charge in [0, 0.05) is 11.8 Å². The zero-order chi connectivity index (χ0) is 12.1.